The van der Waals surface area contributed by atoms with Gasteiger partial charge in [-0.3, -0.25) is 4.79 Å². The minimum absolute atomic E-state index is 0.299. The number of esters is 1. The highest BCUT2D eigenvalue weighted by Crippen LogP contribution is 2.45. The zero-order valence-electron chi connectivity index (χ0n) is 11.8. The van der Waals surface area contributed by atoms with E-state index < -0.39 is 46.0 Å². The molecule has 9 heteroatoms. The average molecular weight is 336 g/mol. The molecule has 0 saturated heterocycles. The fraction of sp³-hybridized carbons (Fsp3) is 0.286. The van der Waals surface area contributed by atoms with Crippen molar-refractivity contribution in [3.8, 4) is 0 Å². The fourth-order valence-electron chi connectivity index (χ4n) is 2.01. The maximum absolute atomic E-state index is 13.6. The number of alkyl halides is 5. The van der Waals surface area contributed by atoms with Gasteiger partial charge in [0.1, 0.15) is 5.56 Å². The molecule has 2 rings (SSSR count). The summed E-state index contributed by atoms with van der Waals surface area (Å²) in [7, 11) is 0.985. The van der Waals surface area contributed by atoms with Crippen LogP contribution in [0.15, 0.2) is 27.4 Å². The van der Waals surface area contributed by atoms with E-state index in [1.54, 1.807) is 0 Å². The summed E-state index contributed by atoms with van der Waals surface area (Å²) in [5.74, 6) is -8.27. The van der Waals surface area contributed by atoms with Gasteiger partial charge in [0.05, 0.1) is 12.5 Å². The summed E-state index contributed by atoms with van der Waals surface area (Å²) >= 11 is 0. The topological polar surface area (TPSA) is 56.5 Å². The zero-order valence-corrected chi connectivity index (χ0v) is 11.8. The smallest absolute Gasteiger partial charge is 0.461 e. The largest absolute Gasteiger partial charge is 0.465 e. The maximum Gasteiger partial charge on any atom is 0.461 e. The number of carbonyl (C=O) groups is 1. The lowest BCUT2D eigenvalue weighted by Gasteiger charge is -2.20. The number of hydrogen-bond donors (Lipinski definition) is 0. The third-order valence-corrected chi connectivity index (χ3v) is 3.19. The third-order valence-electron chi connectivity index (χ3n) is 3.19. The molecule has 0 N–H and O–H groups in total. The second kappa shape index (κ2) is 5.32. The number of halogens is 5. The van der Waals surface area contributed by atoms with Gasteiger partial charge in [0, 0.05) is 5.56 Å². The van der Waals surface area contributed by atoms with Crippen LogP contribution in [-0.4, -0.2) is 19.3 Å². The number of hydrogen-bond acceptors (Lipinski definition) is 4. The van der Waals surface area contributed by atoms with Crippen LogP contribution in [0.5, 0.6) is 0 Å². The van der Waals surface area contributed by atoms with Crippen LogP contribution in [0.4, 0.5) is 22.0 Å². The van der Waals surface area contributed by atoms with Crippen LogP contribution in [0.25, 0.3) is 11.0 Å². The molecule has 23 heavy (non-hydrogen) atoms. The summed E-state index contributed by atoms with van der Waals surface area (Å²) in [5, 5.41) is -0.299. The molecule has 2 aromatic rings. The molecule has 4 nitrogen and oxygen atoms in total. The average Bonchev–Trinajstić information content (AvgIpc) is 2.48. The van der Waals surface area contributed by atoms with Crippen LogP contribution >= 0.6 is 0 Å². The second-order valence-electron chi connectivity index (χ2n) is 4.63. The lowest BCUT2D eigenvalue weighted by molar-refractivity contribution is -0.295. The molecule has 0 saturated carbocycles. The maximum atomic E-state index is 13.6. The number of benzene rings is 1. The molecule has 1 heterocycles. The summed E-state index contributed by atoms with van der Waals surface area (Å²) < 4.78 is 73.8. The molecule has 0 aliphatic rings. The standard InChI is InChI=1S/C14H9F5O4/c1-6-9(20)7-4-3-5-8(12(21)22-2)10(7)23-11(6)13(15,16)14(17,18)19/h3-5H,1-2H3. The van der Waals surface area contributed by atoms with Crippen molar-refractivity contribution in [2.24, 2.45) is 0 Å². The van der Waals surface area contributed by atoms with Gasteiger partial charge in [0.25, 0.3) is 0 Å². The van der Waals surface area contributed by atoms with Gasteiger partial charge < -0.3 is 9.15 Å². The monoisotopic (exact) mass is 336 g/mol. The zero-order chi connectivity index (χ0) is 17.6. The predicted molar refractivity (Wildman–Crippen MR) is 68.5 cm³/mol. The van der Waals surface area contributed by atoms with Crippen molar-refractivity contribution >= 4 is 16.9 Å². The highest BCUT2D eigenvalue weighted by atomic mass is 19.4. The van der Waals surface area contributed by atoms with Gasteiger partial charge in [-0.15, -0.1) is 0 Å². The van der Waals surface area contributed by atoms with Crippen LogP contribution < -0.4 is 5.43 Å². The van der Waals surface area contributed by atoms with Gasteiger partial charge in [0.15, 0.2) is 16.8 Å². The Labute approximate surface area is 125 Å². The summed E-state index contributed by atoms with van der Waals surface area (Å²) in [6.07, 6.45) is -5.96. The van der Waals surface area contributed by atoms with E-state index in [-0.39, 0.29) is 5.39 Å². The van der Waals surface area contributed by atoms with Gasteiger partial charge in [-0.05, 0) is 19.1 Å². The van der Waals surface area contributed by atoms with Crippen molar-refractivity contribution in [1.82, 2.24) is 0 Å². The molecule has 0 aliphatic heterocycles. The van der Waals surface area contributed by atoms with Gasteiger partial charge in [-0.2, -0.15) is 22.0 Å². The van der Waals surface area contributed by atoms with Crippen molar-refractivity contribution in [3.05, 3.63) is 45.3 Å². The van der Waals surface area contributed by atoms with Gasteiger partial charge in [0.2, 0.25) is 0 Å². The van der Waals surface area contributed by atoms with Gasteiger partial charge >= 0.3 is 18.1 Å². The van der Waals surface area contributed by atoms with E-state index in [2.05, 4.69) is 9.15 Å². The van der Waals surface area contributed by atoms with E-state index >= 15 is 0 Å². The summed E-state index contributed by atoms with van der Waals surface area (Å²) in [6, 6.07) is 3.49. The van der Waals surface area contributed by atoms with E-state index in [0.29, 0.717) is 0 Å². The molecule has 0 radical (unpaired) electrons. The molecule has 0 amide bonds. The number of carbonyl (C=O) groups excluding carboxylic acids is 1. The van der Waals surface area contributed by atoms with E-state index in [9.17, 15) is 31.5 Å². The number of ether oxygens (including phenoxy) is 1. The number of methoxy groups -OCH3 is 1. The Hall–Kier alpha value is -2.45. The van der Waals surface area contributed by atoms with Gasteiger partial charge in [-0.1, -0.05) is 6.07 Å². The van der Waals surface area contributed by atoms with Crippen LogP contribution in [0.3, 0.4) is 0 Å². The minimum atomic E-state index is -5.96. The second-order valence-corrected chi connectivity index (χ2v) is 4.63. The quantitative estimate of drug-likeness (QED) is 0.622. The summed E-state index contributed by atoms with van der Waals surface area (Å²) in [4.78, 5) is 23.7. The van der Waals surface area contributed by atoms with E-state index in [1.807, 2.05) is 0 Å². The Morgan fingerprint density at radius 2 is 1.78 bits per heavy atom. The summed E-state index contributed by atoms with van der Waals surface area (Å²) in [5.41, 5.74) is -3.09. The van der Waals surface area contributed by atoms with Crippen LogP contribution in [0.1, 0.15) is 21.7 Å². The number of rotatable bonds is 2. The number of para-hydroxylation sites is 1. The molecule has 0 atom stereocenters. The van der Waals surface area contributed by atoms with Crippen molar-refractivity contribution in [1.29, 1.82) is 0 Å². The van der Waals surface area contributed by atoms with Crippen LogP contribution in [0.2, 0.25) is 0 Å². The first-order valence-electron chi connectivity index (χ1n) is 6.12. The third kappa shape index (κ3) is 2.55. The Morgan fingerprint density at radius 1 is 1.17 bits per heavy atom. The highest BCUT2D eigenvalue weighted by Gasteiger charge is 2.62. The Balaban J connectivity index is 2.92. The fourth-order valence-corrected chi connectivity index (χ4v) is 2.01. The number of fused-ring (bicyclic) bond motifs is 1. The molecule has 0 aliphatic carbocycles. The first-order chi connectivity index (χ1) is 10.5. The Kier molecular flexibility index (Phi) is 3.91. The lowest BCUT2D eigenvalue weighted by Crippen LogP contribution is -2.35. The van der Waals surface area contributed by atoms with E-state index in [4.69, 9.17) is 0 Å². The molecule has 124 valence electrons. The van der Waals surface area contributed by atoms with Crippen molar-refractivity contribution in [2.75, 3.05) is 7.11 Å². The van der Waals surface area contributed by atoms with E-state index in [0.717, 1.165) is 26.2 Å². The predicted octanol–water partition coefficient (Wildman–Crippen LogP) is 3.54. The van der Waals surface area contributed by atoms with Crippen molar-refractivity contribution < 1.29 is 35.9 Å². The first kappa shape index (κ1) is 16.9. The van der Waals surface area contributed by atoms with Crippen molar-refractivity contribution in [2.45, 2.75) is 19.0 Å². The molecule has 0 bridgehead atoms. The Bertz CT molecular complexity index is 835. The molecule has 0 unspecified atom stereocenters. The molecular formula is C14H9F5O4. The van der Waals surface area contributed by atoms with Crippen molar-refractivity contribution in [3.63, 3.8) is 0 Å². The first-order valence-corrected chi connectivity index (χ1v) is 6.12. The molecular weight excluding hydrogens is 327 g/mol. The van der Waals surface area contributed by atoms with Gasteiger partial charge in [-0.25, -0.2) is 4.79 Å². The minimum Gasteiger partial charge on any atom is -0.465 e. The lowest BCUT2D eigenvalue weighted by atomic mass is 10.0. The molecule has 0 fully saturated rings. The molecule has 0 spiro atoms. The highest BCUT2D eigenvalue weighted by molar-refractivity contribution is 6.01. The Morgan fingerprint density at radius 3 is 2.30 bits per heavy atom. The van der Waals surface area contributed by atoms with Crippen LogP contribution in [-0.2, 0) is 10.7 Å². The van der Waals surface area contributed by atoms with E-state index in [1.165, 1.54) is 6.07 Å². The summed E-state index contributed by atoms with van der Waals surface area (Å²) in [6.45, 7) is 0.797. The molecule has 1 aromatic carbocycles. The normalized spacial score (nSPS) is 12.5. The van der Waals surface area contributed by atoms with Crippen LogP contribution in [0, 0.1) is 6.92 Å². The molecule has 1 aromatic heterocycles. The SMILES string of the molecule is COC(=O)c1cccc2c(=O)c(C)c(C(F)(F)C(F)(F)F)oc12.